The number of nitrogens with zero attached hydrogens (tertiary/aromatic N) is 3. The summed E-state index contributed by atoms with van der Waals surface area (Å²) in [6.07, 6.45) is 3.53. The van der Waals surface area contributed by atoms with Gasteiger partial charge in [-0.25, -0.2) is 9.97 Å². The Hall–Kier alpha value is -1.49. The molecule has 15 heavy (non-hydrogen) atoms. The molecule has 5 nitrogen and oxygen atoms in total. The van der Waals surface area contributed by atoms with Gasteiger partial charge in [0.2, 0.25) is 0 Å². The van der Waals surface area contributed by atoms with Crippen molar-refractivity contribution in [3.8, 4) is 0 Å². The van der Waals surface area contributed by atoms with Crippen molar-refractivity contribution in [3.05, 3.63) is 24.3 Å². The van der Waals surface area contributed by atoms with E-state index in [1.165, 1.54) is 6.33 Å². The Morgan fingerprint density at radius 3 is 3.00 bits per heavy atom. The van der Waals surface area contributed by atoms with Crippen LogP contribution in [0.4, 0.5) is 0 Å². The minimum absolute atomic E-state index is 0.278. The number of hydrogen-bond donors (Lipinski definition) is 1. The molecule has 1 aliphatic rings. The first-order chi connectivity index (χ1) is 7.24. The van der Waals surface area contributed by atoms with Gasteiger partial charge in [-0.2, -0.15) is 0 Å². The molecule has 80 valence electrons. The molecule has 0 unspecified atom stereocenters. The quantitative estimate of drug-likeness (QED) is 0.773. The second-order valence-corrected chi connectivity index (χ2v) is 3.86. The molecule has 1 N–H and O–H groups in total. The number of carbonyl (C=O) groups is 1. The number of carboxylic acids is 1. The largest absolute Gasteiger partial charge is 0.481 e. The van der Waals surface area contributed by atoms with Crippen LogP contribution in [-0.2, 0) is 11.3 Å². The van der Waals surface area contributed by atoms with Crippen molar-refractivity contribution in [2.45, 2.75) is 13.0 Å². The lowest BCUT2D eigenvalue weighted by atomic mass is 9.96. The summed E-state index contributed by atoms with van der Waals surface area (Å²) in [5.41, 5.74) is 0.985. The van der Waals surface area contributed by atoms with Crippen LogP contribution in [0.2, 0.25) is 0 Å². The molecule has 2 rings (SSSR count). The molecular formula is C10H13N3O2. The average molecular weight is 207 g/mol. The zero-order chi connectivity index (χ0) is 10.7. The van der Waals surface area contributed by atoms with E-state index in [1.54, 1.807) is 6.20 Å². The van der Waals surface area contributed by atoms with Crippen LogP contribution in [0.1, 0.15) is 12.1 Å². The smallest absolute Gasteiger partial charge is 0.303 e. The van der Waals surface area contributed by atoms with Gasteiger partial charge in [-0.15, -0.1) is 0 Å². The first-order valence-electron chi connectivity index (χ1n) is 4.93. The molecule has 2 heterocycles. The Morgan fingerprint density at radius 2 is 2.40 bits per heavy atom. The second kappa shape index (κ2) is 4.35. The Balaban J connectivity index is 1.74. The lowest BCUT2D eigenvalue weighted by Gasteiger charge is -2.38. The van der Waals surface area contributed by atoms with E-state index in [0.717, 1.165) is 25.3 Å². The number of likely N-dealkylation sites (tertiary alicyclic amines) is 1. The predicted octanol–water partition coefficient (Wildman–Crippen LogP) is 0.383. The van der Waals surface area contributed by atoms with Gasteiger partial charge in [0.1, 0.15) is 6.33 Å². The monoisotopic (exact) mass is 207 g/mol. The van der Waals surface area contributed by atoms with Gasteiger partial charge in [0.15, 0.2) is 0 Å². The number of hydrogen-bond acceptors (Lipinski definition) is 4. The van der Waals surface area contributed by atoms with Gasteiger partial charge in [-0.1, -0.05) is 0 Å². The molecule has 0 saturated carbocycles. The van der Waals surface area contributed by atoms with Crippen LogP contribution in [-0.4, -0.2) is 39.0 Å². The number of rotatable bonds is 4. The molecule has 0 amide bonds. The zero-order valence-electron chi connectivity index (χ0n) is 8.33. The summed E-state index contributed by atoms with van der Waals surface area (Å²) < 4.78 is 0. The molecule has 1 saturated heterocycles. The Kier molecular flexibility index (Phi) is 2.91. The van der Waals surface area contributed by atoms with Crippen molar-refractivity contribution in [1.82, 2.24) is 14.9 Å². The summed E-state index contributed by atoms with van der Waals surface area (Å²) in [5, 5.41) is 8.59. The number of aromatic nitrogens is 2. The standard InChI is InChI=1S/C10H13N3O2/c14-10(15)3-8-4-13(5-8)6-9-1-2-11-7-12-9/h1-2,7-8H,3-6H2,(H,14,15). The minimum atomic E-state index is -0.707. The van der Waals surface area contributed by atoms with Gasteiger partial charge in [-0.3, -0.25) is 9.69 Å². The van der Waals surface area contributed by atoms with Crippen LogP contribution in [0.5, 0.6) is 0 Å². The first kappa shape index (κ1) is 10.0. The highest BCUT2D eigenvalue weighted by Crippen LogP contribution is 2.20. The van der Waals surface area contributed by atoms with Crippen molar-refractivity contribution in [2.75, 3.05) is 13.1 Å². The summed E-state index contributed by atoms with van der Waals surface area (Å²) in [5.74, 6) is -0.397. The molecule has 1 aromatic rings. The van der Waals surface area contributed by atoms with E-state index < -0.39 is 5.97 Å². The van der Waals surface area contributed by atoms with E-state index in [0.29, 0.717) is 5.92 Å². The molecule has 1 aliphatic heterocycles. The summed E-state index contributed by atoms with van der Waals surface area (Å²) >= 11 is 0. The van der Waals surface area contributed by atoms with Crippen LogP contribution in [0, 0.1) is 5.92 Å². The highest BCUT2D eigenvalue weighted by atomic mass is 16.4. The van der Waals surface area contributed by atoms with Crippen molar-refractivity contribution in [1.29, 1.82) is 0 Å². The van der Waals surface area contributed by atoms with Gasteiger partial charge >= 0.3 is 5.97 Å². The van der Waals surface area contributed by atoms with Gasteiger partial charge in [0.05, 0.1) is 12.1 Å². The van der Waals surface area contributed by atoms with Crippen LogP contribution in [0.25, 0.3) is 0 Å². The summed E-state index contributed by atoms with van der Waals surface area (Å²) in [7, 11) is 0. The molecule has 0 spiro atoms. The van der Waals surface area contributed by atoms with Crippen molar-refractivity contribution in [2.24, 2.45) is 5.92 Å². The van der Waals surface area contributed by atoms with Crippen molar-refractivity contribution < 1.29 is 9.90 Å². The van der Waals surface area contributed by atoms with Gasteiger partial charge in [0, 0.05) is 25.8 Å². The van der Waals surface area contributed by atoms with E-state index in [4.69, 9.17) is 5.11 Å². The Labute approximate surface area is 87.8 Å². The Morgan fingerprint density at radius 1 is 1.60 bits per heavy atom. The molecule has 1 aromatic heterocycles. The summed E-state index contributed by atoms with van der Waals surface area (Å²) in [6, 6.07) is 1.88. The molecule has 0 atom stereocenters. The van der Waals surface area contributed by atoms with E-state index in [1.807, 2.05) is 6.07 Å². The van der Waals surface area contributed by atoms with Gasteiger partial charge < -0.3 is 5.11 Å². The minimum Gasteiger partial charge on any atom is -0.481 e. The molecule has 0 radical (unpaired) electrons. The highest BCUT2D eigenvalue weighted by Gasteiger charge is 2.28. The normalized spacial score (nSPS) is 17.3. The third-order valence-corrected chi connectivity index (χ3v) is 2.52. The Bertz CT molecular complexity index is 336. The third kappa shape index (κ3) is 2.73. The molecular weight excluding hydrogens is 194 g/mol. The van der Waals surface area contributed by atoms with E-state index in [2.05, 4.69) is 14.9 Å². The van der Waals surface area contributed by atoms with E-state index in [-0.39, 0.29) is 6.42 Å². The topological polar surface area (TPSA) is 66.3 Å². The average Bonchev–Trinajstić information content (AvgIpc) is 2.15. The van der Waals surface area contributed by atoms with Crippen molar-refractivity contribution in [3.63, 3.8) is 0 Å². The maximum atomic E-state index is 10.4. The SMILES string of the molecule is O=C(O)CC1CN(Cc2ccncn2)C1. The summed E-state index contributed by atoms with van der Waals surface area (Å²) in [6.45, 7) is 2.51. The molecule has 0 aromatic carbocycles. The fourth-order valence-electron chi connectivity index (χ4n) is 1.82. The van der Waals surface area contributed by atoms with Crippen LogP contribution >= 0.6 is 0 Å². The van der Waals surface area contributed by atoms with Crippen LogP contribution < -0.4 is 0 Å². The number of aliphatic carboxylic acids is 1. The molecule has 0 bridgehead atoms. The molecule has 1 fully saturated rings. The molecule has 5 heteroatoms. The lowest BCUT2D eigenvalue weighted by molar-refractivity contribution is -0.139. The zero-order valence-corrected chi connectivity index (χ0v) is 8.33. The third-order valence-electron chi connectivity index (χ3n) is 2.52. The lowest BCUT2D eigenvalue weighted by Crippen LogP contribution is -2.46. The first-order valence-corrected chi connectivity index (χ1v) is 4.93. The fraction of sp³-hybridized carbons (Fsp3) is 0.500. The highest BCUT2D eigenvalue weighted by molar-refractivity contribution is 5.67. The maximum Gasteiger partial charge on any atom is 0.303 e. The van der Waals surface area contributed by atoms with Gasteiger partial charge in [0.25, 0.3) is 0 Å². The maximum absolute atomic E-state index is 10.4. The van der Waals surface area contributed by atoms with E-state index in [9.17, 15) is 4.79 Å². The second-order valence-electron chi connectivity index (χ2n) is 3.86. The number of carboxylic acid groups (broad SMARTS) is 1. The fourth-order valence-corrected chi connectivity index (χ4v) is 1.82. The van der Waals surface area contributed by atoms with E-state index >= 15 is 0 Å². The van der Waals surface area contributed by atoms with Gasteiger partial charge in [-0.05, 0) is 12.0 Å². The molecule has 0 aliphatic carbocycles. The summed E-state index contributed by atoms with van der Waals surface area (Å²) in [4.78, 5) is 20.6. The van der Waals surface area contributed by atoms with Crippen LogP contribution in [0.15, 0.2) is 18.6 Å². The van der Waals surface area contributed by atoms with Crippen LogP contribution in [0.3, 0.4) is 0 Å². The van der Waals surface area contributed by atoms with Crippen molar-refractivity contribution >= 4 is 5.97 Å². The predicted molar refractivity (Wildman–Crippen MR) is 53.1 cm³/mol.